The van der Waals surface area contributed by atoms with E-state index in [4.69, 9.17) is 0 Å². The highest BCUT2D eigenvalue weighted by Crippen LogP contribution is 2.31. The van der Waals surface area contributed by atoms with Crippen LogP contribution in [-0.2, 0) is 16.0 Å². The van der Waals surface area contributed by atoms with E-state index in [1.54, 1.807) is 11.8 Å². The Hall–Kier alpha value is -1.88. The molecule has 0 aliphatic carbocycles. The van der Waals surface area contributed by atoms with Crippen molar-refractivity contribution in [1.82, 2.24) is 14.7 Å². The fourth-order valence-corrected chi connectivity index (χ4v) is 4.01. The maximum atomic E-state index is 13.3. The third kappa shape index (κ3) is 3.87. The summed E-state index contributed by atoms with van der Waals surface area (Å²) in [7, 11) is 0. The van der Waals surface area contributed by atoms with E-state index in [0.29, 0.717) is 12.5 Å². The van der Waals surface area contributed by atoms with Crippen molar-refractivity contribution in [2.75, 3.05) is 39.3 Å². The van der Waals surface area contributed by atoms with Crippen molar-refractivity contribution in [2.24, 2.45) is 5.92 Å². The minimum absolute atomic E-state index is 0.0219. The first-order chi connectivity index (χ1) is 12.0. The zero-order valence-electron chi connectivity index (χ0n) is 15.6. The van der Waals surface area contributed by atoms with Crippen molar-refractivity contribution >= 4 is 11.8 Å². The van der Waals surface area contributed by atoms with Crippen LogP contribution in [0, 0.1) is 5.92 Å². The van der Waals surface area contributed by atoms with Crippen molar-refractivity contribution in [3.05, 3.63) is 35.4 Å². The second kappa shape index (κ2) is 7.56. The van der Waals surface area contributed by atoms with Crippen molar-refractivity contribution < 1.29 is 9.59 Å². The maximum absolute atomic E-state index is 13.3. The molecule has 1 aromatic carbocycles. The van der Waals surface area contributed by atoms with Gasteiger partial charge in [0.05, 0.1) is 0 Å². The molecule has 0 unspecified atom stereocenters. The molecule has 2 amide bonds. The smallest absolute Gasteiger partial charge is 0.250 e. The van der Waals surface area contributed by atoms with Gasteiger partial charge in [-0.15, -0.1) is 0 Å². The Kier molecular flexibility index (Phi) is 5.42. The Morgan fingerprint density at radius 1 is 1.08 bits per heavy atom. The minimum atomic E-state index is -0.459. The maximum Gasteiger partial charge on any atom is 0.250 e. The molecule has 0 bridgehead atoms. The van der Waals surface area contributed by atoms with Gasteiger partial charge in [-0.2, -0.15) is 0 Å². The third-order valence-corrected chi connectivity index (χ3v) is 5.23. The largest absolute Gasteiger partial charge is 0.338 e. The van der Waals surface area contributed by atoms with Crippen LogP contribution in [0.3, 0.4) is 0 Å². The van der Waals surface area contributed by atoms with Gasteiger partial charge in [-0.3, -0.25) is 14.5 Å². The summed E-state index contributed by atoms with van der Waals surface area (Å²) in [5.74, 6) is 0.693. The SMILES string of the molecule is CC(=O)N1CCc2ccccc2[C@@H]1C(=O)N1CCN(CC(C)C)CC1. The molecule has 2 heterocycles. The average molecular weight is 343 g/mol. The van der Waals surface area contributed by atoms with Crippen LogP contribution in [0.4, 0.5) is 0 Å². The van der Waals surface area contributed by atoms with E-state index in [-0.39, 0.29) is 11.8 Å². The predicted octanol–water partition coefficient (Wildman–Crippen LogP) is 1.93. The van der Waals surface area contributed by atoms with Crippen LogP contribution in [0.2, 0.25) is 0 Å². The molecule has 3 rings (SSSR count). The summed E-state index contributed by atoms with van der Waals surface area (Å²) in [6.45, 7) is 11.0. The number of hydrogen-bond donors (Lipinski definition) is 0. The number of hydrogen-bond acceptors (Lipinski definition) is 3. The van der Waals surface area contributed by atoms with Crippen LogP contribution in [0.15, 0.2) is 24.3 Å². The minimum Gasteiger partial charge on any atom is -0.338 e. The van der Waals surface area contributed by atoms with Crippen LogP contribution < -0.4 is 0 Å². The normalized spacial score (nSPS) is 21.4. The Balaban J connectivity index is 1.77. The molecule has 2 aliphatic rings. The summed E-state index contributed by atoms with van der Waals surface area (Å²) in [6, 6.07) is 7.59. The van der Waals surface area contributed by atoms with E-state index < -0.39 is 6.04 Å². The molecule has 1 aromatic rings. The van der Waals surface area contributed by atoms with Gasteiger partial charge >= 0.3 is 0 Å². The van der Waals surface area contributed by atoms with Crippen molar-refractivity contribution in [3.63, 3.8) is 0 Å². The molecule has 0 saturated carbocycles. The molecule has 25 heavy (non-hydrogen) atoms. The summed E-state index contributed by atoms with van der Waals surface area (Å²) < 4.78 is 0. The Morgan fingerprint density at radius 3 is 2.40 bits per heavy atom. The number of amides is 2. The van der Waals surface area contributed by atoms with Crippen LogP contribution >= 0.6 is 0 Å². The molecule has 0 radical (unpaired) electrons. The summed E-state index contributed by atoms with van der Waals surface area (Å²) in [6.07, 6.45) is 0.821. The van der Waals surface area contributed by atoms with Gasteiger partial charge in [0, 0.05) is 46.2 Å². The van der Waals surface area contributed by atoms with Crippen LogP contribution in [-0.4, -0.2) is 65.8 Å². The highest BCUT2D eigenvalue weighted by molar-refractivity contribution is 5.89. The van der Waals surface area contributed by atoms with Crippen LogP contribution in [0.5, 0.6) is 0 Å². The summed E-state index contributed by atoms with van der Waals surface area (Å²) in [4.78, 5) is 31.5. The van der Waals surface area contributed by atoms with Gasteiger partial charge in [-0.1, -0.05) is 38.1 Å². The molecule has 2 aliphatic heterocycles. The fourth-order valence-electron chi connectivity index (χ4n) is 4.01. The van der Waals surface area contributed by atoms with Crippen molar-refractivity contribution in [2.45, 2.75) is 33.2 Å². The lowest BCUT2D eigenvalue weighted by atomic mass is 9.91. The molecule has 5 nitrogen and oxygen atoms in total. The van der Waals surface area contributed by atoms with E-state index in [1.165, 1.54) is 5.56 Å². The van der Waals surface area contributed by atoms with Gasteiger partial charge in [-0.05, 0) is 23.5 Å². The first-order valence-corrected chi connectivity index (χ1v) is 9.33. The van der Waals surface area contributed by atoms with Crippen LogP contribution in [0.1, 0.15) is 37.9 Å². The van der Waals surface area contributed by atoms with Gasteiger partial charge in [0.1, 0.15) is 6.04 Å². The standard InChI is InChI=1S/C20H29N3O2/c1-15(2)14-21-10-12-22(13-11-21)20(25)19-18-7-5-4-6-17(18)8-9-23(19)16(3)24/h4-7,15,19H,8-14H2,1-3H3/t19-/m1/s1. The number of fused-ring (bicyclic) bond motifs is 1. The molecular formula is C20H29N3O2. The number of rotatable bonds is 3. The number of carbonyl (C=O) groups is 2. The zero-order chi connectivity index (χ0) is 18.0. The number of benzene rings is 1. The molecule has 0 spiro atoms. The molecule has 0 N–H and O–H groups in total. The van der Waals surface area contributed by atoms with E-state index >= 15 is 0 Å². The molecule has 1 saturated heterocycles. The highest BCUT2D eigenvalue weighted by atomic mass is 16.2. The lowest BCUT2D eigenvalue weighted by Gasteiger charge is -2.41. The first-order valence-electron chi connectivity index (χ1n) is 9.33. The fraction of sp³-hybridized carbons (Fsp3) is 0.600. The molecule has 136 valence electrons. The molecule has 5 heteroatoms. The third-order valence-electron chi connectivity index (χ3n) is 5.23. The second-order valence-corrected chi connectivity index (χ2v) is 7.58. The molecule has 1 atom stereocenters. The quantitative estimate of drug-likeness (QED) is 0.842. The molecule has 1 fully saturated rings. The van der Waals surface area contributed by atoms with Gasteiger partial charge in [0.25, 0.3) is 0 Å². The van der Waals surface area contributed by atoms with Crippen molar-refractivity contribution in [3.8, 4) is 0 Å². The second-order valence-electron chi connectivity index (χ2n) is 7.58. The predicted molar refractivity (Wildman–Crippen MR) is 98.1 cm³/mol. The summed E-state index contributed by atoms with van der Waals surface area (Å²) in [5.41, 5.74) is 2.19. The van der Waals surface area contributed by atoms with Gasteiger partial charge in [0.15, 0.2) is 0 Å². The monoisotopic (exact) mass is 343 g/mol. The number of piperazine rings is 1. The highest BCUT2D eigenvalue weighted by Gasteiger charge is 2.37. The van der Waals surface area contributed by atoms with Gasteiger partial charge in [0.2, 0.25) is 11.8 Å². The average Bonchev–Trinajstić information content (AvgIpc) is 2.60. The first kappa shape index (κ1) is 17.9. The Bertz CT molecular complexity index is 636. The number of carbonyl (C=O) groups excluding carboxylic acids is 2. The molecular weight excluding hydrogens is 314 g/mol. The summed E-state index contributed by atoms with van der Waals surface area (Å²) >= 11 is 0. The van der Waals surface area contributed by atoms with Crippen molar-refractivity contribution in [1.29, 1.82) is 0 Å². The van der Waals surface area contributed by atoms with E-state index in [2.05, 4.69) is 24.8 Å². The lowest BCUT2D eigenvalue weighted by molar-refractivity contribution is -0.147. The van der Waals surface area contributed by atoms with Gasteiger partial charge < -0.3 is 9.80 Å². The summed E-state index contributed by atoms with van der Waals surface area (Å²) in [5, 5.41) is 0. The lowest BCUT2D eigenvalue weighted by Crippen LogP contribution is -2.54. The van der Waals surface area contributed by atoms with Crippen LogP contribution in [0.25, 0.3) is 0 Å². The Morgan fingerprint density at radius 2 is 1.76 bits per heavy atom. The van der Waals surface area contributed by atoms with E-state index in [0.717, 1.165) is 44.7 Å². The zero-order valence-corrected chi connectivity index (χ0v) is 15.6. The van der Waals surface area contributed by atoms with E-state index in [1.807, 2.05) is 23.1 Å². The van der Waals surface area contributed by atoms with E-state index in [9.17, 15) is 9.59 Å². The Labute approximate surface area is 150 Å². The van der Waals surface area contributed by atoms with Gasteiger partial charge in [-0.25, -0.2) is 0 Å². The number of nitrogens with zero attached hydrogens (tertiary/aromatic N) is 3. The topological polar surface area (TPSA) is 43.9 Å². The molecule has 0 aromatic heterocycles.